The zero-order chi connectivity index (χ0) is 21.4. The number of rotatable bonds is 6. The summed E-state index contributed by atoms with van der Waals surface area (Å²) in [5.74, 6) is 2.08. The summed E-state index contributed by atoms with van der Waals surface area (Å²) in [4.78, 5) is 9.09. The molecule has 2 aromatic carbocycles. The van der Waals surface area contributed by atoms with Crippen molar-refractivity contribution in [3.05, 3.63) is 72.3 Å². The van der Waals surface area contributed by atoms with Gasteiger partial charge in [-0.2, -0.15) is 5.10 Å². The smallest absolute Gasteiger partial charge is 0.153 e. The summed E-state index contributed by atoms with van der Waals surface area (Å²) in [6.45, 7) is 2.49. The summed E-state index contributed by atoms with van der Waals surface area (Å²) in [7, 11) is 0. The topological polar surface area (TPSA) is 98.6 Å². The third kappa shape index (κ3) is 3.61. The molecule has 0 spiro atoms. The Bertz CT molecular complexity index is 1220. The fourth-order valence-electron chi connectivity index (χ4n) is 4.25. The van der Waals surface area contributed by atoms with Crippen molar-refractivity contribution < 1.29 is 9.84 Å². The van der Waals surface area contributed by atoms with Crippen LogP contribution in [0.4, 0.5) is 5.82 Å². The molecular formula is C24H25N5O2. The molecule has 7 heteroatoms. The molecule has 0 saturated heterocycles. The number of anilines is 1. The molecule has 1 fully saturated rings. The molecule has 3 N–H and O–H groups in total. The maximum atomic E-state index is 10.5. The molecule has 2 aromatic heterocycles. The lowest BCUT2D eigenvalue weighted by atomic mass is 9.69. The normalized spacial score (nSPS) is 20.5. The highest BCUT2D eigenvalue weighted by Crippen LogP contribution is 2.47. The maximum absolute atomic E-state index is 10.5. The van der Waals surface area contributed by atoms with E-state index >= 15 is 0 Å². The van der Waals surface area contributed by atoms with Gasteiger partial charge in [0, 0.05) is 11.5 Å². The van der Waals surface area contributed by atoms with E-state index in [1.807, 2.05) is 61.5 Å². The average molecular weight is 415 g/mol. The third-order valence-electron chi connectivity index (χ3n) is 6.12. The summed E-state index contributed by atoms with van der Waals surface area (Å²) < 4.78 is 7.77. The number of hydrogen-bond donors (Lipinski definition) is 2. The third-order valence-corrected chi connectivity index (χ3v) is 6.12. The lowest BCUT2D eigenvalue weighted by Crippen LogP contribution is -2.42. The Morgan fingerprint density at radius 1 is 1.16 bits per heavy atom. The van der Waals surface area contributed by atoms with Crippen molar-refractivity contribution >= 4 is 11.3 Å². The first-order chi connectivity index (χ1) is 15.1. The van der Waals surface area contributed by atoms with E-state index < -0.39 is 5.60 Å². The summed E-state index contributed by atoms with van der Waals surface area (Å²) in [5.41, 5.74) is 9.02. The predicted molar refractivity (Wildman–Crippen MR) is 119 cm³/mol. The van der Waals surface area contributed by atoms with Crippen LogP contribution in [0.15, 0.2) is 60.9 Å². The minimum atomic E-state index is -0.611. The maximum Gasteiger partial charge on any atom is 0.153 e. The Hall–Kier alpha value is -3.45. The minimum Gasteiger partial charge on any atom is -0.489 e. The molecular weight excluding hydrogens is 390 g/mol. The van der Waals surface area contributed by atoms with Crippen molar-refractivity contribution in [2.45, 2.75) is 44.3 Å². The summed E-state index contributed by atoms with van der Waals surface area (Å²) in [6, 6.07) is 17.9. The molecule has 1 aliphatic carbocycles. The number of benzene rings is 2. The molecule has 0 bridgehead atoms. The molecule has 0 unspecified atom stereocenters. The van der Waals surface area contributed by atoms with Crippen LogP contribution in [0.5, 0.6) is 5.75 Å². The molecule has 7 nitrogen and oxygen atoms in total. The molecule has 0 amide bonds. The Morgan fingerprint density at radius 3 is 2.74 bits per heavy atom. The van der Waals surface area contributed by atoms with Crippen LogP contribution < -0.4 is 10.5 Å². The summed E-state index contributed by atoms with van der Waals surface area (Å²) in [6.07, 6.45) is 3.53. The van der Waals surface area contributed by atoms with Gasteiger partial charge >= 0.3 is 0 Å². The molecule has 158 valence electrons. The first-order valence-electron chi connectivity index (χ1n) is 10.5. The number of nitrogens with two attached hydrogens (primary N) is 1. The first kappa shape index (κ1) is 19.5. The quantitative estimate of drug-likeness (QED) is 0.494. The Balaban J connectivity index is 1.49. The molecule has 0 atom stereocenters. The van der Waals surface area contributed by atoms with Gasteiger partial charge in [-0.3, -0.25) is 0 Å². The van der Waals surface area contributed by atoms with Gasteiger partial charge in [-0.15, -0.1) is 0 Å². The molecule has 31 heavy (non-hydrogen) atoms. The van der Waals surface area contributed by atoms with Gasteiger partial charge in [-0.25, -0.2) is 14.5 Å². The Labute approximate surface area is 180 Å². The molecule has 5 rings (SSSR count). The first-order valence-corrected chi connectivity index (χ1v) is 10.5. The van der Waals surface area contributed by atoms with E-state index in [0.29, 0.717) is 30.8 Å². The van der Waals surface area contributed by atoms with Gasteiger partial charge in [0.2, 0.25) is 0 Å². The highest BCUT2D eigenvalue weighted by atomic mass is 16.5. The Morgan fingerprint density at radius 2 is 1.97 bits per heavy atom. The number of fused-ring (bicyclic) bond motifs is 1. The summed E-state index contributed by atoms with van der Waals surface area (Å²) >= 11 is 0. The lowest BCUT2D eigenvalue weighted by molar-refractivity contribution is -0.0538. The van der Waals surface area contributed by atoms with Gasteiger partial charge in [0.15, 0.2) is 5.82 Å². The number of nitrogen functional groups attached to an aromatic ring is 1. The second-order valence-corrected chi connectivity index (χ2v) is 8.21. The van der Waals surface area contributed by atoms with Crippen molar-refractivity contribution in [3.8, 4) is 17.0 Å². The van der Waals surface area contributed by atoms with Crippen LogP contribution in [0.1, 0.15) is 43.5 Å². The van der Waals surface area contributed by atoms with E-state index in [0.717, 1.165) is 34.8 Å². The highest BCUT2D eigenvalue weighted by molar-refractivity contribution is 5.85. The van der Waals surface area contributed by atoms with Gasteiger partial charge in [0.25, 0.3) is 0 Å². The van der Waals surface area contributed by atoms with Crippen LogP contribution in [-0.4, -0.2) is 30.3 Å². The van der Waals surface area contributed by atoms with Crippen molar-refractivity contribution in [3.63, 3.8) is 0 Å². The largest absolute Gasteiger partial charge is 0.489 e. The van der Waals surface area contributed by atoms with Crippen LogP contribution in [0.2, 0.25) is 0 Å². The van der Waals surface area contributed by atoms with Gasteiger partial charge in [-0.05, 0) is 37.0 Å². The van der Waals surface area contributed by atoms with Gasteiger partial charge in [-0.1, -0.05) is 49.4 Å². The van der Waals surface area contributed by atoms with Gasteiger partial charge in [0.1, 0.15) is 35.7 Å². The number of aromatic nitrogens is 4. The second kappa shape index (κ2) is 7.67. The van der Waals surface area contributed by atoms with Crippen LogP contribution in [0.3, 0.4) is 0 Å². The molecule has 1 saturated carbocycles. The van der Waals surface area contributed by atoms with Crippen molar-refractivity contribution in [1.29, 1.82) is 0 Å². The van der Waals surface area contributed by atoms with Gasteiger partial charge < -0.3 is 15.6 Å². The van der Waals surface area contributed by atoms with Crippen molar-refractivity contribution in [1.82, 2.24) is 19.6 Å². The average Bonchev–Trinajstić information content (AvgIpc) is 3.17. The van der Waals surface area contributed by atoms with E-state index in [1.54, 1.807) is 4.52 Å². The zero-order valence-electron chi connectivity index (χ0n) is 17.4. The fourth-order valence-corrected chi connectivity index (χ4v) is 4.25. The van der Waals surface area contributed by atoms with E-state index in [2.05, 4.69) is 10.1 Å². The SMILES string of the molecule is CCC1(O)CC(c2nc(-c3cccc(OCc4ccccc4)c3)c3c(N)ncnn23)C1. The molecule has 2 heterocycles. The van der Waals surface area contributed by atoms with E-state index in [4.69, 9.17) is 15.5 Å². The standard InChI is InChI=1S/C24H25N5O2/c1-2-24(30)12-18(13-24)23-28-20(21-22(25)26-15-27-29(21)23)17-9-6-10-19(11-17)31-14-16-7-4-3-5-8-16/h3-11,15,18,30H,2,12-14H2,1H3,(H2,25,26,27). The molecule has 0 aliphatic heterocycles. The van der Waals surface area contributed by atoms with Crippen molar-refractivity contribution in [2.24, 2.45) is 0 Å². The number of nitrogens with zero attached hydrogens (tertiary/aromatic N) is 4. The van der Waals surface area contributed by atoms with Gasteiger partial charge in [0.05, 0.1) is 5.60 Å². The van der Waals surface area contributed by atoms with Crippen LogP contribution in [0, 0.1) is 0 Å². The Kier molecular flexibility index (Phi) is 4.82. The molecule has 0 radical (unpaired) electrons. The van der Waals surface area contributed by atoms with Crippen LogP contribution in [0.25, 0.3) is 16.8 Å². The number of aliphatic hydroxyl groups is 1. The second-order valence-electron chi connectivity index (χ2n) is 8.21. The number of imidazole rings is 1. The zero-order valence-corrected chi connectivity index (χ0v) is 17.4. The lowest BCUT2D eigenvalue weighted by Gasteiger charge is -2.42. The van der Waals surface area contributed by atoms with Crippen LogP contribution >= 0.6 is 0 Å². The predicted octanol–water partition coefficient (Wildman–Crippen LogP) is 3.97. The van der Waals surface area contributed by atoms with E-state index in [-0.39, 0.29) is 5.92 Å². The molecule has 1 aliphatic rings. The monoisotopic (exact) mass is 415 g/mol. The minimum absolute atomic E-state index is 0.137. The van der Waals surface area contributed by atoms with E-state index in [1.165, 1.54) is 6.33 Å². The number of hydrogen-bond acceptors (Lipinski definition) is 6. The highest BCUT2D eigenvalue weighted by Gasteiger charge is 2.44. The number of ether oxygens (including phenoxy) is 1. The molecule has 4 aromatic rings. The van der Waals surface area contributed by atoms with Crippen molar-refractivity contribution in [2.75, 3.05) is 5.73 Å². The fraction of sp³-hybridized carbons (Fsp3) is 0.292. The van der Waals surface area contributed by atoms with Crippen LogP contribution in [-0.2, 0) is 6.61 Å². The summed E-state index contributed by atoms with van der Waals surface area (Å²) in [5, 5.41) is 14.9. The van der Waals surface area contributed by atoms with E-state index in [9.17, 15) is 5.11 Å².